The minimum atomic E-state index is -1.000. The van der Waals surface area contributed by atoms with E-state index in [1.54, 1.807) is 20.8 Å². The molecule has 0 saturated heterocycles. The van der Waals surface area contributed by atoms with Crippen LogP contribution in [0.25, 0.3) is 0 Å². The Hall–Kier alpha value is -2.66. The molecule has 0 unspecified atom stereocenters. The van der Waals surface area contributed by atoms with Gasteiger partial charge in [-0.3, -0.25) is 14.9 Å². The first kappa shape index (κ1) is 20.6. The largest absolute Gasteiger partial charge is 0.480 e. The average Bonchev–Trinajstić information content (AvgIpc) is 2.60. The van der Waals surface area contributed by atoms with Crippen LogP contribution >= 0.6 is 0 Å². The van der Waals surface area contributed by atoms with Gasteiger partial charge in [0.2, 0.25) is 0 Å². The van der Waals surface area contributed by atoms with E-state index in [1.807, 2.05) is 60.7 Å². The van der Waals surface area contributed by atoms with Gasteiger partial charge in [-0.15, -0.1) is 0 Å². The number of carboxylic acid groups (broad SMARTS) is 1. The second-order valence-electron chi connectivity index (χ2n) is 7.52. The van der Waals surface area contributed by atoms with Gasteiger partial charge < -0.3 is 9.84 Å². The van der Waals surface area contributed by atoms with Gasteiger partial charge in [-0.1, -0.05) is 60.7 Å². The first-order chi connectivity index (χ1) is 12.7. The lowest BCUT2D eigenvalue weighted by Crippen LogP contribution is -2.51. The van der Waals surface area contributed by atoms with E-state index in [0.717, 1.165) is 11.1 Å². The number of ether oxygens (including phenoxy) is 1. The van der Waals surface area contributed by atoms with Crippen LogP contribution in [0.3, 0.4) is 0 Å². The SMILES string of the molecule is CC(C)(C)OC(=O)[C@H](Cc1ccccc1)N[C@@H](Cc1ccccc1)C(=O)O. The molecule has 0 fully saturated rings. The topological polar surface area (TPSA) is 75.6 Å². The molecule has 5 heteroatoms. The Kier molecular flexibility index (Phi) is 7.13. The van der Waals surface area contributed by atoms with Crippen molar-refractivity contribution in [2.45, 2.75) is 51.3 Å². The fraction of sp³-hybridized carbons (Fsp3) is 0.364. The van der Waals surface area contributed by atoms with Crippen molar-refractivity contribution in [1.29, 1.82) is 0 Å². The summed E-state index contributed by atoms with van der Waals surface area (Å²) in [7, 11) is 0. The van der Waals surface area contributed by atoms with E-state index in [2.05, 4.69) is 5.32 Å². The second kappa shape index (κ2) is 9.33. The van der Waals surface area contributed by atoms with Crippen molar-refractivity contribution in [3.05, 3.63) is 71.8 Å². The normalized spacial score (nSPS) is 13.6. The Morgan fingerprint density at radius 2 is 1.33 bits per heavy atom. The van der Waals surface area contributed by atoms with Crippen LogP contribution < -0.4 is 5.32 Å². The van der Waals surface area contributed by atoms with Gasteiger partial charge in [-0.25, -0.2) is 0 Å². The number of hydrogen-bond donors (Lipinski definition) is 2. The predicted octanol–water partition coefficient (Wildman–Crippen LogP) is 3.22. The average molecular weight is 369 g/mol. The second-order valence-corrected chi connectivity index (χ2v) is 7.52. The van der Waals surface area contributed by atoms with Gasteiger partial charge in [0.05, 0.1) is 0 Å². The number of carbonyl (C=O) groups excluding carboxylic acids is 1. The van der Waals surface area contributed by atoms with E-state index in [4.69, 9.17) is 4.74 Å². The van der Waals surface area contributed by atoms with Crippen molar-refractivity contribution in [2.24, 2.45) is 0 Å². The highest BCUT2D eigenvalue weighted by Crippen LogP contribution is 2.13. The summed E-state index contributed by atoms with van der Waals surface area (Å²) < 4.78 is 5.51. The highest BCUT2D eigenvalue weighted by molar-refractivity contribution is 5.79. The fourth-order valence-electron chi connectivity index (χ4n) is 2.74. The van der Waals surface area contributed by atoms with Gasteiger partial charge in [0.25, 0.3) is 0 Å². The molecule has 5 nitrogen and oxygen atoms in total. The van der Waals surface area contributed by atoms with Crippen molar-refractivity contribution in [3.63, 3.8) is 0 Å². The lowest BCUT2D eigenvalue weighted by Gasteiger charge is -2.27. The predicted molar refractivity (Wildman–Crippen MR) is 104 cm³/mol. The lowest BCUT2D eigenvalue weighted by atomic mass is 10.0. The molecule has 144 valence electrons. The quantitative estimate of drug-likeness (QED) is 0.699. The number of hydrogen-bond acceptors (Lipinski definition) is 4. The third-order valence-corrected chi connectivity index (χ3v) is 3.96. The molecule has 0 aromatic heterocycles. The third-order valence-electron chi connectivity index (χ3n) is 3.96. The fourth-order valence-corrected chi connectivity index (χ4v) is 2.74. The van der Waals surface area contributed by atoms with E-state index in [-0.39, 0.29) is 6.42 Å². The number of carboxylic acids is 1. The summed E-state index contributed by atoms with van der Waals surface area (Å²) in [6.45, 7) is 5.38. The van der Waals surface area contributed by atoms with Crippen molar-refractivity contribution in [2.75, 3.05) is 0 Å². The first-order valence-corrected chi connectivity index (χ1v) is 9.04. The van der Waals surface area contributed by atoms with Gasteiger partial charge in [0.15, 0.2) is 0 Å². The van der Waals surface area contributed by atoms with Gasteiger partial charge in [-0.05, 0) is 44.7 Å². The van der Waals surface area contributed by atoms with Crippen LogP contribution in [0.2, 0.25) is 0 Å². The van der Waals surface area contributed by atoms with Gasteiger partial charge in [0, 0.05) is 0 Å². The molecule has 2 atom stereocenters. The monoisotopic (exact) mass is 369 g/mol. The molecule has 2 aromatic rings. The van der Waals surface area contributed by atoms with E-state index < -0.39 is 29.6 Å². The van der Waals surface area contributed by atoms with E-state index in [9.17, 15) is 14.7 Å². The number of esters is 1. The number of benzene rings is 2. The molecule has 0 spiro atoms. The summed E-state index contributed by atoms with van der Waals surface area (Å²) >= 11 is 0. The maximum atomic E-state index is 12.7. The molecule has 2 aromatic carbocycles. The van der Waals surface area contributed by atoms with E-state index in [0.29, 0.717) is 6.42 Å². The van der Waals surface area contributed by atoms with Crippen molar-refractivity contribution < 1.29 is 19.4 Å². The maximum Gasteiger partial charge on any atom is 0.324 e. The summed E-state index contributed by atoms with van der Waals surface area (Å²) in [5.74, 6) is -1.45. The van der Waals surface area contributed by atoms with E-state index in [1.165, 1.54) is 0 Å². The molecule has 2 rings (SSSR count). The summed E-state index contributed by atoms with van der Waals surface area (Å²) in [5, 5.41) is 12.6. The summed E-state index contributed by atoms with van der Waals surface area (Å²) in [6.07, 6.45) is 0.637. The van der Waals surface area contributed by atoms with Gasteiger partial charge >= 0.3 is 11.9 Å². The Balaban J connectivity index is 2.19. The number of aliphatic carboxylic acids is 1. The van der Waals surface area contributed by atoms with Crippen LogP contribution in [-0.2, 0) is 27.2 Å². The maximum absolute atomic E-state index is 12.7. The highest BCUT2D eigenvalue weighted by atomic mass is 16.6. The van der Waals surface area contributed by atoms with Crippen molar-refractivity contribution in [3.8, 4) is 0 Å². The molecule has 0 aliphatic rings. The highest BCUT2D eigenvalue weighted by Gasteiger charge is 2.30. The Bertz CT molecular complexity index is 738. The van der Waals surface area contributed by atoms with Gasteiger partial charge in [0.1, 0.15) is 17.7 Å². The van der Waals surface area contributed by atoms with Crippen LogP contribution in [0.4, 0.5) is 0 Å². The number of rotatable bonds is 8. The number of nitrogens with one attached hydrogen (secondary N) is 1. The zero-order valence-electron chi connectivity index (χ0n) is 16.0. The first-order valence-electron chi connectivity index (χ1n) is 9.04. The Morgan fingerprint density at radius 3 is 1.74 bits per heavy atom. The van der Waals surface area contributed by atoms with Gasteiger partial charge in [-0.2, -0.15) is 0 Å². The molecular formula is C22H27NO4. The minimum Gasteiger partial charge on any atom is -0.480 e. The molecule has 0 radical (unpaired) electrons. The zero-order chi connectivity index (χ0) is 19.9. The Morgan fingerprint density at radius 1 is 0.889 bits per heavy atom. The van der Waals surface area contributed by atoms with E-state index >= 15 is 0 Å². The molecule has 0 bridgehead atoms. The molecule has 0 heterocycles. The smallest absolute Gasteiger partial charge is 0.324 e. The standard InChI is InChI=1S/C22H27NO4/c1-22(2,3)27-21(26)19(15-17-12-8-5-9-13-17)23-18(20(24)25)14-16-10-6-4-7-11-16/h4-13,18-19,23H,14-15H2,1-3H3,(H,24,25)/t18-,19-/m0/s1. The molecular weight excluding hydrogens is 342 g/mol. The van der Waals surface area contributed by atoms with Crippen LogP contribution in [0.15, 0.2) is 60.7 Å². The van der Waals surface area contributed by atoms with Crippen molar-refractivity contribution in [1.82, 2.24) is 5.32 Å². The summed E-state index contributed by atoms with van der Waals surface area (Å²) in [4.78, 5) is 24.5. The van der Waals surface area contributed by atoms with Crippen LogP contribution in [0.1, 0.15) is 31.9 Å². The molecule has 0 saturated carbocycles. The molecule has 0 amide bonds. The number of carbonyl (C=O) groups is 2. The van der Waals surface area contributed by atoms with Crippen LogP contribution in [-0.4, -0.2) is 34.7 Å². The zero-order valence-corrected chi connectivity index (χ0v) is 16.0. The van der Waals surface area contributed by atoms with Crippen molar-refractivity contribution >= 4 is 11.9 Å². The molecule has 0 aliphatic carbocycles. The summed E-state index contributed by atoms with van der Waals surface area (Å²) in [5.41, 5.74) is 1.18. The Labute approximate surface area is 160 Å². The van der Waals surface area contributed by atoms with Crippen LogP contribution in [0, 0.1) is 0 Å². The lowest BCUT2D eigenvalue weighted by molar-refractivity contribution is -0.158. The summed E-state index contributed by atoms with van der Waals surface area (Å²) in [6, 6.07) is 17.2. The van der Waals surface area contributed by atoms with Crippen LogP contribution in [0.5, 0.6) is 0 Å². The molecule has 27 heavy (non-hydrogen) atoms. The minimum absolute atomic E-state index is 0.282. The molecule has 0 aliphatic heterocycles. The third kappa shape index (κ3) is 7.23. The molecule has 2 N–H and O–H groups in total.